The Balaban J connectivity index is 1.18. The van der Waals surface area contributed by atoms with Crippen LogP contribution in [0.15, 0.2) is 170 Å². The first-order chi connectivity index (χ1) is 25.6. The molecule has 1 aliphatic carbocycles. The van der Waals surface area contributed by atoms with Gasteiger partial charge in [-0.1, -0.05) is 172 Å². The van der Waals surface area contributed by atoms with Crippen molar-refractivity contribution >= 4 is 63.8 Å². The lowest BCUT2D eigenvalue weighted by atomic mass is 9.79. The minimum atomic E-state index is -0.144. The first-order valence-electron chi connectivity index (χ1n) is 18.2. The summed E-state index contributed by atoms with van der Waals surface area (Å²) in [6.45, 7) is 4.86. The molecule has 0 unspecified atom stereocenters. The summed E-state index contributed by atoms with van der Waals surface area (Å²) in [5.41, 5.74) is 13.1. The van der Waals surface area contributed by atoms with E-state index in [1.165, 1.54) is 108 Å². The van der Waals surface area contributed by atoms with E-state index >= 15 is 0 Å². The molecule has 0 nitrogen and oxygen atoms in total. The van der Waals surface area contributed by atoms with Gasteiger partial charge in [0.05, 0.1) is 0 Å². The first-order valence-corrected chi connectivity index (χ1v) is 19.0. The van der Waals surface area contributed by atoms with Gasteiger partial charge in [-0.05, 0) is 94.7 Å². The summed E-state index contributed by atoms with van der Waals surface area (Å²) in [4.78, 5) is 0. The van der Waals surface area contributed by atoms with E-state index in [-0.39, 0.29) is 5.41 Å². The van der Waals surface area contributed by atoms with Crippen molar-refractivity contribution in [3.63, 3.8) is 0 Å². The Morgan fingerprint density at radius 3 is 1.48 bits per heavy atom. The molecule has 52 heavy (non-hydrogen) atoms. The molecule has 0 bridgehead atoms. The highest BCUT2D eigenvalue weighted by molar-refractivity contribution is 7.26. The van der Waals surface area contributed by atoms with Crippen LogP contribution in [0.4, 0.5) is 0 Å². The summed E-state index contributed by atoms with van der Waals surface area (Å²) in [5.74, 6) is 0. The Hall–Kier alpha value is -6.02. The van der Waals surface area contributed by atoms with Gasteiger partial charge < -0.3 is 0 Å². The lowest BCUT2D eigenvalue weighted by Gasteiger charge is -2.23. The Morgan fingerprint density at radius 2 is 0.846 bits per heavy atom. The maximum Gasteiger partial charge on any atom is 0.0437 e. The fourth-order valence-electron chi connectivity index (χ4n) is 9.34. The predicted molar refractivity (Wildman–Crippen MR) is 226 cm³/mol. The number of thiophene rings is 1. The van der Waals surface area contributed by atoms with E-state index in [4.69, 9.17) is 0 Å². The van der Waals surface area contributed by atoms with Gasteiger partial charge in [0, 0.05) is 31.0 Å². The maximum absolute atomic E-state index is 2.51. The van der Waals surface area contributed by atoms with E-state index < -0.39 is 0 Å². The Morgan fingerprint density at radius 1 is 0.385 bits per heavy atom. The van der Waals surface area contributed by atoms with Crippen LogP contribution in [0.2, 0.25) is 0 Å². The van der Waals surface area contributed by atoms with E-state index in [9.17, 15) is 0 Å². The van der Waals surface area contributed by atoms with Crippen molar-refractivity contribution in [3.05, 3.63) is 181 Å². The summed E-state index contributed by atoms with van der Waals surface area (Å²) in [6, 6.07) is 63.2. The van der Waals surface area contributed by atoms with Crippen LogP contribution in [0.1, 0.15) is 25.0 Å². The molecule has 0 radical (unpaired) electrons. The fourth-order valence-corrected chi connectivity index (χ4v) is 10.6. The molecular weight excluding hydrogens is 645 g/mol. The van der Waals surface area contributed by atoms with Gasteiger partial charge in [0.1, 0.15) is 0 Å². The van der Waals surface area contributed by atoms with Gasteiger partial charge in [-0.2, -0.15) is 0 Å². The van der Waals surface area contributed by atoms with Crippen molar-refractivity contribution in [3.8, 4) is 44.5 Å². The molecule has 0 spiro atoms. The van der Waals surface area contributed by atoms with Crippen LogP contribution in [-0.4, -0.2) is 0 Å². The molecule has 0 saturated carbocycles. The molecule has 0 aliphatic heterocycles. The summed E-state index contributed by atoms with van der Waals surface area (Å²) < 4.78 is 2.76. The molecule has 0 atom stereocenters. The average molecular weight is 679 g/mol. The molecule has 244 valence electrons. The highest BCUT2D eigenvalue weighted by atomic mass is 32.1. The molecule has 0 fully saturated rings. The molecule has 1 heteroatoms. The largest absolute Gasteiger partial charge is 0.135 e. The Labute approximate surface area is 307 Å². The van der Waals surface area contributed by atoms with Crippen LogP contribution in [-0.2, 0) is 5.41 Å². The number of hydrogen-bond acceptors (Lipinski definition) is 1. The quantitative estimate of drug-likeness (QED) is 0.163. The van der Waals surface area contributed by atoms with Crippen LogP contribution in [0.5, 0.6) is 0 Å². The monoisotopic (exact) mass is 678 g/mol. The van der Waals surface area contributed by atoms with Gasteiger partial charge >= 0.3 is 0 Å². The standard InChI is InChI=1S/C51H34S/c1-51(2)43-29-28-34(30-42(43)47-39-20-10-11-21-40(39)50-48(49(47)51)41-22-12-13-23-44(41)52-50)46-37-18-8-6-16-35(37)45(36-17-7-9-19-38(36)46)33-26-24-32(25-27-33)31-14-4-3-5-15-31/h3-30H,1-2H3. The van der Waals surface area contributed by atoms with Crippen LogP contribution < -0.4 is 0 Å². The average Bonchev–Trinajstić information content (AvgIpc) is 3.69. The lowest BCUT2D eigenvalue weighted by molar-refractivity contribution is 0.667. The van der Waals surface area contributed by atoms with Crippen LogP contribution in [0, 0.1) is 0 Å². The summed E-state index contributed by atoms with van der Waals surface area (Å²) in [7, 11) is 0. The van der Waals surface area contributed by atoms with Crippen LogP contribution in [0.3, 0.4) is 0 Å². The van der Waals surface area contributed by atoms with E-state index in [0.717, 1.165) is 0 Å². The van der Waals surface area contributed by atoms with E-state index in [0.29, 0.717) is 0 Å². The smallest absolute Gasteiger partial charge is 0.0437 e. The van der Waals surface area contributed by atoms with Crippen LogP contribution >= 0.6 is 11.3 Å². The zero-order chi connectivity index (χ0) is 34.6. The second kappa shape index (κ2) is 11.0. The molecular formula is C51H34S. The third-order valence-electron chi connectivity index (χ3n) is 11.6. The molecule has 10 aromatic rings. The van der Waals surface area contributed by atoms with Crippen molar-refractivity contribution in [2.45, 2.75) is 19.3 Å². The SMILES string of the molecule is CC1(C)c2ccc(-c3c4ccccc4c(-c4ccc(-c5ccccc5)cc4)c4ccccc34)cc2-c2c1c1c3ccccc3sc1c1ccccc21. The minimum Gasteiger partial charge on any atom is -0.135 e. The van der Waals surface area contributed by atoms with Crippen LogP contribution in [0.25, 0.3) is 97.0 Å². The molecule has 1 aromatic heterocycles. The number of hydrogen-bond donors (Lipinski definition) is 0. The van der Waals surface area contributed by atoms with E-state index in [1.54, 1.807) is 0 Å². The first kappa shape index (κ1) is 29.7. The second-order valence-electron chi connectivity index (χ2n) is 14.8. The minimum absolute atomic E-state index is 0.144. The summed E-state index contributed by atoms with van der Waals surface area (Å²) in [5, 5.41) is 10.6. The molecule has 9 aromatic carbocycles. The van der Waals surface area contributed by atoms with E-state index in [1.807, 2.05) is 11.3 Å². The normalized spacial score (nSPS) is 13.3. The molecule has 0 saturated heterocycles. The number of fused-ring (bicyclic) bond motifs is 12. The molecule has 1 heterocycles. The zero-order valence-corrected chi connectivity index (χ0v) is 29.9. The third-order valence-corrected chi connectivity index (χ3v) is 12.8. The third kappa shape index (κ3) is 4.09. The number of benzene rings is 9. The summed E-state index contributed by atoms with van der Waals surface area (Å²) >= 11 is 1.94. The van der Waals surface area contributed by atoms with Gasteiger partial charge in [0.15, 0.2) is 0 Å². The Kier molecular flexibility index (Phi) is 6.27. The molecule has 11 rings (SSSR count). The van der Waals surface area contributed by atoms with Gasteiger partial charge in [0.2, 0.25) is 0 Å². The lowest BCUT2D eigenvalue weighted by Crippen LogP contribution is -2.15. The van der Waals surface area contributed by atoms with Crippen molar-refractivity contribution in [1.82, 2.24) is 0 Å². The fraction of sp³-hybridized carbons (Fsp3) is 0.0588. The van der Waals surface area contributed by atoms with Crippen molar-refractivity contribution in [1.29, 1.82) is 0 Å². The molecule has 1 aliphatic rings. The van der Waals surface area contributed by atoms with Gasteiger partial charge in [-0.25, -0.2) is 0 Å². The van der Waals surface area contributed by atoms with Crippen molar-refractivity contribution in [2.75, 3.05) is 0 Å². The van der Waals surface area contributed by atoms with Gasteiger partial charge in [0.25, 0.3) is 0 Å². The summed E-state index contributed by atoms with van der Waals surface area (Å²) in [6.07, 6.45) is 0. The number of rotatable bonds is 3. The van der Waals surface area contributed by atoms with Crippen molar-refractivity contribution < 1.29 is 0 Å². The highest BCUT2D eigenvalue weighted by Gasteiger charge is 2.39. The van der Waals surface area contributed by atoms with Gasteiger partial charge in [-0.15, -0.1) is 11.3 Å². The van der Waals surface area contributed by atoms with Crippen molar-refractivity contribution in [2.24, 2.45) is 0 Å². The Bertz CT molecular complexity index is 3010. The molecule has 0 amide bonds. The van der Waals surface area contributed by atoms with E-state index in [2.05, 4.69) is 184 Å². The van der Waals surface area contributed by atoms with Gasteiger partial charge in [-0.3, -0.25) is 0 Å². The predicted octanol–water partition coefficient (Wildman–Crippen LogP) is 14.8. The maximum atomic E-state index is 2.51. The second-order valence-corrected chi connectivity index (χ2v) is 15.8. The molecule has 0 N–H and O–H groups in total. The zero-order valence-electron chi connectivity index (χ0n) is 29.1. The highest BCUT2D eigenvalue weighted by Crippen LogP contribution is 2.58. The topological polar surface area (TPSA) is 0 Å².